The van der Waals surface area contributed by atoms with Gasteiger partial charge in [-0.15, -0.1) is 0 Å². The molecule has 0 saturated carbocycles. The first kappa shape index (κ1) is 10.9. The minimum atomic E-state index is -5.37. The lowest BCUT2D eigenvalue weighted by Gasteiger charge is -2.19. The maximum absolute atomic E-state index is 12.9. The van der Waals surface area contributed by atoms with Crippen molar-refractivity contribution in [2.24, 2.45) is 0 Å². The van der Waals surface area contributed by atoms with E-state index in [0.717, 1.165) is 12.1 Å². The van der Waals surface area contributed by atoms with E-state index in [9.17, 15) is 17.3 Å². The summed E-state index contributed by atoms with van der Waals surface area (Å²) in [4.78, 5) is 0. The van der Waals surface area contributed by atoms with Crippen LogP contribution in [0.15, 0.2) is 18.2 Å². The van der Waals surface area contributed by atoms with Crippen LogP contribution in [0.25, 0.3) is 0 Å². The van der Waals surface area contributed by atoms with E-state index in [-0.39, 0.29) is 6.61 Å². The molecule has 0 amide bonds. The summed E-state index contributed by atoms with van der Waals surface area (Å²) in [7, 11) is 0. The molecule has 6 heteroatoms. The third-order valence-electron chi connectivity index (χ3n) is 1.64. The molecule has 0 fully saturated rings. The summed E-state index contributed by atoms with van der Waals surface area (Å²) in [6, 6.07) is 3.07. The van der Waals surface area contributed by atoms with Crippen LogP contribution in [0.2, 0.25) is 0 Å². The Morgan fingerprint density at radius 1 is 1.29 bits per heavy atom. The molecule has 0 atom stereocenters. The Hall–Kier alpha value is -1.20. The van der Waals surface area contributed by atoms with Crippen molar-refractivity contribution in [2.45, 2.75) is 6.92 Å². The molecule has 0 aromatic heterocycles. The fraction of sp³-hybridized carbons (Fsp3) is 0.250. The first-order valence-corrected chi connectivity index (χ1v) is 4.08. The van der Waals surface area contributed by atoms with Gasteiger partial charge in [0.2, 0.25) is 0 Å². The fourth-order valence-electron chi connectivity index (χ4n) is 1.12. The molecule has 0 saturated heterocycles. The van der Waals surface area contributed by atoms with Crippen molar-refractivity contribution >= 4 is 12.4 Å². The van der Waals surface area contributed by atoms with Gasteiger partial charge in [-0.2, -0.15) is 0 Å². The minimum absolute atomic E-state index is 0.0720. The number of hydrogen-bond acceptors (Lipinski definition) is 1. The third kappa shape index (κ3) is 2.18. The third-order valence-corrected chi connectivity index (χ3v) is 1.64. The van der Waals surface area contributed by atoms with Gasteiger partial charge in [-0.05, 0) is 24.5 Å². The fourth-order valence-corrected chi connectivity index (χ4v) is 1.12. The lowest BCUT2D eigenvalue weighted by atomic mass is 9.79. The second kappa shape index (κ2) is 3.90. The van der Waals surface area contributed by atoms with E-state index in [0.29, 0.717) is 0 Å². The standard InChI is InChI=1S/C8H8BF4O/c1-2-14-7-5-3-4-6(10)8(7)9(11,12)13/h3-5H,2H2,1H3/q-1. The Bertz CT molecular complexity index is 324. The van der Waals surface area contributed by atoms with E-state index in [1.54, 1.807) is 0 Å². The van der Waals surface area contributed by atoms with Gasteiger partial charge in [0.15, 0.2) is 0 Å². The van der Waals surface area contributed by atoms with E-state index in [1.165, 1.54) is 13.0 Å². The predicted molar refractivity (Wildman–Crippen MR) is 46.3 cm³/mol. The summed E-state index contributed by atoms with van der Waals surface area (Å²) in [5.41, 5.74) is -1.28. The van der Waals surface area contributed by atoms with Crippen molar-refractivity contribution in [1.29, 1.82) is 0 Å². The molecule has 0 aliphatic rings. The van der Waals surface area contributed by atoms with Crippen molar-refractivity contribution in [2.75, 3.05) is 6.61 Å². The summed E-state index contributed by atoms with van der Waals surface area (Å²) in [5.74, 6) is -1.73. The van der Waals surface area contributed by atoms with Crippen LogP contribution in [0.4, 0.5) is 17.3 Å². The van der Waals surface area contributed by atoms with Crippen molar-refractivity contribution in [3.05, 3.63) is 24.0 Å². The molecule has 0 bridgehead atoms. The van der Waals surface area contributed by atoms with E-state index in [4.69, 9.17) is 4.74 Å². The van der Waals surface area contributed by atoms with Crippen LogP contribution < -0.4 is 10.2 Å². The highest BCUT2D eigenvalue weighted by atomic mass is 19.4. The molecular formula is C8H8BF4O-. The Kier molecular flexibility index (Phi) is 3.03. The van der Waals surface area contributed by atoms with Crippen LogP contribution in [0.3, 0.4) is 0 Å². The minimum Gasteiger partial charge on any atom is -0.497 e. The number of benzene rings is 1. The zero-order valence-electron chi connectivity index (χ0n) is 7.44. The van der Waals surface area contributed by atoms with Gasteiger partial charge in [0, 0.05) is 0 Å². The largest absolute Gasteiger partial charge is 0.516 e. The maximum atomic E-state index is 12.9. The number of halogens is 4. The number of ether oxygens (including phenoxy) is 1. The highest BCUT2D eigenvalue weighted by Crippen LogP contribution is 2.19. The second-order valence-corrected chi connectivity index (χ2v) is 2.66. The molecule has 0 heterocycles. The van der Waals surface area contributed by atoms with Crippen molar-refractivity contribution < 1.29 is 22.1 Å². The van der Waals surface area contributed by atoms with E-state index in [1.807, 2.05) is 0 Å². The maximum Gasteiger partial charge on any atom is 0.516 e. The molecule has 0 aliphatic carbocycles. The number of rotatable bonds is 3. The lowest BCUT2D eigenvalue weighted by Crippen LogP contribution is -2.38. The Morgan fingerprint density at radius 2 is 1.93 bits per heavy atom. The molecule has 0 N–H and O–H groups in total. The Morgan fingerprint density at radius 3 is 2.43 bits per heavy atom. The van der Waals surface area contributed by atoms with Gasteiger partial charge >= 0.3 is 6.98 Å². The Labute approximate surface area is 78.7 Å². The summed E-state index contributed by atoms with van der Waals surface area (Å²) in [6.45, 7) is -3.76. The first-order chi connectivity index (χ1) is 6.46. The smallest absolute Gasteiger partial charge is 0.497 e. The highest BCUT2D eigenvalue weighted by molar-refractivity contribution is 6.74. The first-order valence-electron chi connectivity index (χ1n) is 4.08. The normalized spacial score (nSPS) is 11.5. The predicted octanol–water partition coefficient (Wildman–Crippen LogP) is 2.28. The summed E-state index contributed by atoms with van der Waals surface area (Å²) < 4.78 is 54.7. The molecule has 1 aromatic rings. The van der Waals surface area contributed by atoms with E-state index in [2.05, 4.69) is 0 Å². The SMILES string of the molecule is CCOc1cccc(F)c1[B-](F)(F)F. The Balaban J connectivity index is 3.22. The molecule has 0 spiro atoms. The summed E-state index contributed by atoms with van der Waals surface area (Å²) in [6.07, 6.45) is 0. The van der Waals surface area contributed by atoms with Crippen LogP contribution in [0.5, 0.6) is 5.75 Å². The van der Waals surface area contributed by atoms with Crippen LogP contribution in [0, 0.1) is 5.82 Å². The van der Waals surface area contributed by atoms with Gasteiger partial charge in [-0.1, -0.05) is 6.07 Å². The van der Waals surface area contributed by atoms with Gasteiger partial charge in [0.1, 0.15) is 0 Å². The molecule has 1 rings (SSSR count). The van der Waals surface area contributed by atoms with Crippen LogP contribution in [-0.2, 0) is 0 Å². The van der Waals surface area contributed by atoms with Crippen LogP contribution >= 0.6 is 0 Å². The molecule has 0 unspecified atom stereocenters. The van der Waals surface area contributed by atoms with Crippen molar-refractivity contribution in [1.82, 2.24) is 0 Å². The van der Waals surface area contributed by atoms with Crippen LogP contribution in [0.1, 0.15) is 6.92 Å². The van der Waals surface area contributed by atoms with Crippen molar-refractivity contribution in [3.8, 4) is 5.75 Å². The van der Waals surface area contributed by atoms with E-state index >= 15 is 0 Å². The average Bonchev–Trinajstić information content (AvgIpc) is 2.02. The zero-order valence-corrected chi connectivity index (χ0v) is 7.44. The molecule has 1 aromatic carbocycles. The van der Waals surface area contributed by atoms with Gasteiger partial charge in [0.25, 0.3) is 0 Å². The van der Waals surface area contributed by atoms with Gasteiger partial charge < -0.3 is 17.7 Å². The zero-order chi connectivity index (χ0) is 10.8. The summed E-state index contributed by atoms with van der Waals surface area (Å²) in [5, 5.41) is 0. The van der Waals surface area contributed by atoms with Gasteiger partial charge in [-0.3, -0.25) is 0 Å². The molecule has 78 valence electrons. The molecule has 0 aliphatic heterocycles. The molecule has 1 nitrogen and oxygen atoms in total. The topological polar surface area (TPSA) is 9.23 Å². The van der Waals surface area contributed by atoms with Crippen LogP contribution in [-0.4, -0.2) is 13.6 Å². The molecule has 14 heavy (non-hydrogen) atoms. The highest BCUT2D eigenvalue weighted by Gasteiger charge is 2.32. The van der Waals surface area contributed by atoms with Crippen molar-refractivity contribution in [3.63, 3.8) is 0 Å². The molecular weight excluding hydrogens is 199 g/mol. The van der Waals surface area contributed by atoms with E-state index < -0.39 is 24.0 Å². The van der Waals surface area contributed by atoms with Gasteiger partial charge in [0.05, 0.1) is 18.2 Å². The summed E-state index contributed by atoms with van der Waals surface area (Å²) >= 11 is 0. The molecule has 0 radical (unpaired) electrons. The average molecular weight is 207 g/mol. The monoisotopic (exact) mass is 207 g/mol. The number of hydrogen-bond donors (Lipinski definition) is 0. The quantitative estimate of drug-likeness (QED) is 0.545. The lowest BCUT2D eigenvalue weighted by molar-refractivity contribution is 0.338. The second-order valence-electron chi connectivity index (χ2n) is 2.66. The van der Waals surface area contributed by atoms with Gasteiger partial charge in [-0.25, -0.2) is 4.39 Å².